The number of benzene rings is 1. The maximum atomic E-state index is 10.2. The molecule has 1 atom stereocenters. The number of anilines is 1. The molecule has 2 aromatic rings. The number of hydrogen-bond donors (Lipinski definition) is 2. The molecule has 112 valence electrons. The van der Waals surface area contributed by atoms with Crippen LogP contribution in [0.25, 0.3) is 0 Å². The van der Waals surface area contributed by atoms with E-state index >= 15 is 0 Å². The van der Waals surface area contributed by atoms with Gasteiger partial charge in [0.25, 0.3) is 0 Å². The van der Waals surface area contributed by atoms with Crippen molar-refractivity contribution >= 4 is 17.4 Å². The zero-order chi connectivity index (χ0) is 15.5. The molecule has 0 aliphatic rings. The van der Waals surface area contributed by atoms with Crippen molar-refractivity contribution in [2.45, 2.75) is 32.3 Å². The standard InChI is InChI=1S/C16H20ClN3O/c1-16(2,3)12-6-4-11(5-7-12)14(21)9-19-15-13(17)8-18-10-20-15/h4-8,10,14,21H,9H2,1-3H3,(H,18,19,20). The summed E-state index contributed by atoms with van der Waals surface area (Å²) in [6.45, 7) is 6.83. The van der Waals surface area contributed by atoms with E-state index in [0.717, 1.165) is 5.56 Å². The predicted octanol–water partition coefficient (Wildman–Crippen LogP) is 3.57. The minimum absolute atomic E-state index is 0.107. The van der Waals surface area contributed by atoms with Crippen LogP contribution in [0, 0.1) is 0 Å². The molecule has 1 unspecified atom stereocenters. The third kappa shape index (κ3) is 4.16. The summed E-state index contributed by atoms with van der Waals surface area (Å²) < 4.78 is 0. The molecule has 0 aliphatic heterocycles. The number of nitrogens with zero attached hydrogens (tertiary/aromatic N) is 2. The molecule has 0 aliphatic carbocycles. The van der Waals surface area contributed by atoms with Crippen LogP contribution in [0.3, 0.4) is 0 Å². The molecule has 0 amide bonds. The highest BCUT2D eigenvalue weighted by Crippen LogP contribution is 2.24. The summed E-state index contributed by atoms with van der Waals surface area (Å²) in [7, 11) is 0. The van der Waals surface area contributed by atoms with Gasteiger partial charge < -0.3 is 10.4 Å². The van der Waals surface area contributed by atoms with Gasteiger partial charge in [0, 0.05) is 6.54 Å². The van der Waals surface area contributed by atoms with E-state index in [2.05, 4.69) is 48.2 Å². The van der Waals surface area contributed by atoms with Gasteiger partial charge in [0.2, 0.25) is 0 Å². The molecule has 1 aromatic carbocycles. The van der Waals surface area contributed by atoms with Crippen molar-refractivity contribution in [2.24, 2.45) is 0 Å². The molecular weight excluding hydrogens is 286 g/mol. The van der Waals surface area contributed by atoms with Crippen LogP contribution in [0.4, 0.5) is 5.82 Å². The van der Waals surface area contributed by atoms with E-state index in [1.807, 2.05) is 12.1 Å². The number of aliphatic hydroxyl groups excluding tert-OH is 1. The Hall–Kier alpha value is -1.65. The first-order chi connectivity index (χ1) is 9.88. The molecule has 0 spiro atoms. The van der Waals surface area contributed by atoms with E-state index in [1.54, 1.807) is 0 Å². The number of aromatic nitrogens is 2. The maximum Gasteiger partial charge on any atom is 0.148 e. The Labute approximate surface area is 130 Å². The van der Waals surface area contributed by atoms with Gasteiger partial charge in [-0.15, -0.1) is 0 Å². The van der Waals surface area contributed by atoms with E-state index < -0.39 is 6.10 Å². The second kappa shape index (κ2) is 6.41. The minimum Gasteiger partial charge on any atom is -0.387 e. The first kappa shape index (κ1) is 15.7. The molecule has 2 rings (SSSR count). The molecule has 0 fully saturated rings. The van der Waals surface area contributed by atoms with Gasteiger partial charge in [-0.2, -0.15) is 0 Å². The van der Waals surface area contributed by atoms with Gasteiger partial charge in [-0.1, -0.05) is 56.6 Å². The Morgan fingerprint density at radius 2 is 1.90 bits per heavy atom. The fourth-order valence-electron chi connectivity index (χ4n) is 1.96. The maximum absolute atomic E-state index is 10.2. The minimum atomic E-state index is -0.620. The summed E-state index contributed by atoms with van der Waals surface area (Å²) in [5.74, 6) is 0.525. The SMILES string of the molecule is CC(C)(C)c1ccc(C(O)CNc2ncncc2Cl)cc1. The van der Waals surface area contributed by atoms with E-state index in [9.17, 15) is 5.11 Å². The Bertz CT molecular complexity index is 593. The van der Waals surface area contributed by atoms with Crippen molar-refractivity contribution < 1.29 is 5.11 Å². The summed E-state index contributed by atoms with van der Waals surface area (Å²) >= 11 is 5.96. The highest BCUT2D eigenvalue weighted by molar-refractivity contribution is 6.32. The van der Waals surface area contributed by atoms with Crippen LogP contribution in [0.2, 0.25) is 5.02 Å². The smallest absolute Gasteiger partial charge is 0.148 e. The number of nitrogens with one attached hydrogen (secondary N) is 1. The Morgan fingerprint density at radius 1 is 1.24 bits per heavy atom. The lowest BCUT2D eigenvalue weighted by molar-refractivity contribution is 0.191. The van der Waals surface area contributed by atoms with Crippen molar-refractivity contribution in [1.29, 1.82) is 0 Å². The van der Waals surface area contributed by atoms with Gasteiger partial charge in [0.15, 0.2) is 0 Å². The quantitative estimate of drug-likeness (QED) is 0.906. The fraction of sp³-hybridized carbons (Fsp3) is 0.375. The van der Waals surface area contributed by atoms with Crippen molar-refractivity contribution in [1.82, 2.24) is 9.97 Å². The molecule has 5 heteroatoms. The molecule has 0 bridgehead atoms. The zero-order valence-corrected chi connectivity index (χ0v) is 13.2. The normalized spacial score (nSPS) is 13.0. The second-order valence-electron chi connectivity index (χ2n) is 5.99. The molecule has 0 saturated carbocycles. The van der Waals surface area contributed by atoms with Gasteiger partial charge in [-0.25, -0.2) is 9.97 Å². The Morgan fingerprint density at radius 3 is 2.48 bits per heavy atom. The van der Waals surface area contributed by atoms with Crippen molar-refractivity contribution in [3.8, 4) is 0 Å². The van der Waals surface area contributed by atoms with E-state index in [1.165, 1.54) is 18.1 Å². The molecule has 0 radical (unpaired) electrons. The summed E-state index contributed by atoms with van der Waals surface area (Å²) in [6, 6.07) is 8.01. The van der Waals surface area contributed by atoms with Crippen LogP contribution < -0.4 is 5.32 Å². The van der Waals surface area contributed by atoms with Crippen molar-refractivity contribution in [2.75, 3.05) is 11.9 Å². The first-order valence-corrected chi connectivity index (χ1v) is 7.23. The van der Waals surface area contributed by atoms with Crippen LogP contribution >= 0.6 is 11.6 Å². The van der Waals surface area contributed by atoms with Gasteiger partial charge >= 0.3 is 0 Å². The lowest BCUT2D eigenvalue weighted by atomic mass is 9.86. The average Bonchev–Trinajstić information content (AvgIpc) is 2.45. The third-order valence-corrected chi connectivity index (χ3v) is 3.57. The Balaban J connectivity index is 2.01. The van der Waals surface area contributed by atoms with E-state index in [0.29, 0.717) is 17.4 Å². The lowest BCUT2D eigenvalue weighted by Crippen LogP contribution is -2.14. The third-order valence-electron chi connectivity index (χ3n) is 3.29. The second-order valence-corrected chi connectivity index (χ2v) is 6.40. The predicted molar refractivity (Wildman–Crippen MR) is 85.6 cm³/mol. The zero-order valence-electron chi connectivity index (χ0n) is 12.5. The van der Waals surface area contributed by atoms with Gasteiger partial charge in [-0.3, -0.25) is 0 Å². The largest absolute Gasteiger partial charge is 0.387 e. The molecular formula is C16H20ClN3O. The molecule has 0 saturated heterocycles. The summed E-state index contributed by atoms with van der Waals surface area (Å²) in [4.78, 5) is 7.84. The number of hydrogen-bond acceptors (Lipinski definition) is 4. The average molecular weight is 306 g/mol. The van der Waals surface area contributed by atoms with Crippen LogP contribution in [0.5, 0.6) is 0 Å². The van der Waals surface area contributed by atoms with Gasteiger partial charge in [0.1, 0.15) is 17.2 Å². The highest BCUT2D eigenvalue weighted by Gasteiger charge is 2.14. The van der Waals surface area contributed by atoms with Crippen LogP contribution in [0.1, 0.15) is 38.0 Å². The van der Waals surface area contributed by atoms with Crippen LogP contribution in [-0.2, 0) is 5.41 Å². The molecule has 4 nitrogen and oxygen atoms in total. The van der Waals surface area contributed by atoms with Crippen molar-refractivity contribution in [3.63, 3.8) is 0 Å². The van der Waals surface area contributed by atoms with Crippen LogP contribution in [0.15, 0.2) is 36.8 Å². The van der Waals surface area contributed by atoms with Gasteiger partial charge in [-0.05, 0) is 16.5 Å². The number of rotatable bonds is 4. The molecule has 2 N–H and O–H groups in total. The van der Waals surface area contributed by atoms with E-state index in [-0.39, 0.29) is 5.41 Å². The summed E-state index contributed by atoms with van der Waals surface area (Å²) in [5.41, 5.74) is 2.21. The van der Waals surface area contributed by atoms with Gasteiger partial charge in [0.05, 0.1) is 12.3 Å². The topological polar surface area (TPSA) is 58.0 Å². The summed E-state index contributed by atoms with van der Waals surface area (Å²) in [6.07, 6.45) is 2.31. The monoisotopic (exact) mass is 305 g/mol. The fourth-order valence-corrected chi connectivity index (χ4v) is 2.13. The molecule has 1 aromatic heterocycles. The number of aliphatic hydroxyl groups is 1. The molecule has 1 heterocycles. The summed E-state index contributed by atoms with van der Waals surface area (Å²) in [5, 5.41) is 13.7. The number of halogens is 1. The first-order valence-electron chi connectivity index (χ1n) is 6.86. The lowest BCUT2D eigenvalue weighted by Gasteiger charge is -2.20. The van der Waals surface area contributed by atoms with E-state index in [4.69, 9.17) is 11.6 Å². The Kier molecular flexibility index (Phi) is 4.80. The highest BCUT2D eigenvalue weighted by atomic mass is 35.5. The van der Waals surface area contributed by atoms with Crippen LogP contribution in [-0.4, -0.2) is 21.6 Å². The van der Waals surface area contributed by atoms with Crippen molar-refractivity contribution in [3.05, 3.63) is 52.9 Å². The molecule has 21 heavy (non-hydrogen) atoms.